The number of fused-ring (bicyclic) bond motifs is 1. The standard InChI is InChI=1S/C19H20BrN3O2/c1-11(13-8-9-17(25-3)15(20)10-13)21-12(2)18-22-16-7-5-4-6-14(16)19(24)23-18/h4-12,21H,1-3H3,(H,22,23,24). The Morgan fingerprint density at radius 1 is 1.16 bits per heavy atom. The molecule has 0 saturated heterocycles. The predicted molar refractivity (Wildman–Crippen MR) is 103 cm³/mol. The lowest BCUT2D eigenvalue weighted by Gasteiger charge is -2.20. The molecule has 3 rings (SSSR count). The van der Waals surface area contributed by atoms with Crippen molar-refractivity contribution in [1.82, 2.24) is 15.3 Å². The largest absolute Gasteiger partial charge is 0.496 e. The highest BCUT2D eigenvalue weighted by Gasteiger charge is 2.15. The maximum absolute atomic E-state index is 12.2. The van der Waals surface area contributed by atoms with Crippen LogP contribution in [-0.2, 0) is 0 Å². The molecule has 1 heterocycles. The molecule has 0 saturated carbocycles. The molecule has 0 spiro atoms. The van der Waals surface area contributed by atoms with Crippen molar-refractivity contribution in [3.63, 3.8) is 0 Å². The summed E-state index contributed by atoms with van der Waals surface area (Å²) in [4.78, 5) is 19.7. The average molecular weight is 402 g/mol. The number of H-pyrrole nitrogens is 1. The zero-order valence-electron chi connectivity index (χ0n) is 14.3. The van der Waals surface area contributed by atoms with Crippen LogP contribution in [0.3, 0.4) is 0 Å². The fourth-order valence-corrected chi connectivity index (χ4v) is 3.37. The van der Waals surface area contributed by atoms with E-state index in [9.17, 15) is 4.79 Å². The molecule has 0 fully saturated rings. The van der Waals surface area contributed by atoms with E-state index in [0.717, 1.165) is 15.8 Å². The van der Waals surface area contributed by atoms with Gasteiger partial charge in [0.05, 0.1) is 28.5 Å². The highest BCUT2D eigenvalue weighted by atomic mass is 79.9. The van der Waals surface area contributed by atoms with Crippen molar-refractivity contribution in [1.29, 1.82) is 0 Å². The summed E-state index contributed by atoms with van der Waals surface area (Å²) in [7, 11) is 1.64. The van der Waals surface area contributed by atoms with E-state index in [0.29, 0.717) is 16.7 Å². The Labute approximate surface area is 154 Å². The number of nitrogens with one attached hydrogen (secondary N) is 2. The number of halogens is 1. The molecule has 2 atom stereocenters. The van der Waals surface area contributed by atoms with Gasteiger partial charge in [-0.15, -0.1) is 0 Å². The molecule has 0 amide bonds. The number of hydrogen-bond donors (Lipinski definition) is 2. The number of methoxy groups -OCH3 is 1. The highest BCUT2D eigenvalue weighted by molar-refractivity contribution is 9.10. The van der Waals surface area contributed by atoms with Gasteiger partial charge in [-0.05, 0) is 59.6 Å². The molecule has 6 heteroatoms. The second-order valence-corrected chi connectivity index (χ2v) is 6.83. The number of hydrogen-bond acceptors (Lipinski definition) is 4. The fourth-order valence-electron chi connectivity index (χ4n) is 2.81. The van der Waals surface area contributed by atoms with Crippen molar-refractivity contribution in [2.24, 2.45) is 0 Å². The first-order valence-electron chi connectivity index (χ1n) is 8.08. The molecule has 2 N–H and O–H groups in total. The molecule has 0 aliphatic carbocycles. The van der Waals surface area contributed by atoms with Crippen LogP contribution < -0.4 is 15.6 Å². The maximum atomic E-state index is 12.2. The van der Waals surface area contributed by atoms with E-state index in [1.807, 2.05) is 43.3 Å². The zero-order valence-corrected chi connectivity index (χ0v) is 15.9. The van der Waals surface area contributed by atoms with E-state index < -0.39 is 0 Å². The summed E-state index contributed by atoms with van der Waals surface area (Å²) in [5.41, 5.74) is 1.70. The summed E-state index contributed by atoms with van der Waals surface area (Å²) in [5.74, 6) is 1.42. The number of benzene rings is 2. The van der Waals surface area contributed by atoms with Gasteiger partial charge in [0.15, 0.2) is 0 Å². The second kappa shape index (κ2) is 7.37. The van der Waals surface area contributed by atoms with Crippen LogP contribution in [0.5, 0.6) is 5.75 Å². The van der Waals surface area contributed by atoms with Crippen LogP contribution in [0.25, 0.3) is 10.9 Å². The number of nitrogens with zero attached hydrogens (tertiary/aromatic N) is 1. The van der Waals surface area contributed by atoms with Gasteiger partial charge in [0, 0.05) is 6.04 Å². The van der Waals surface area contributed by atoms with E-state index in [2.05, 4.69) is 38.1 Å². The summed E-state index contributed by atoms with van der Waals surface area (Å²) in [6.07, 6.45) is 0. The van der Waals surface area contributed by atoms with Crippen LogP contribution >= 0.6 is 15.9 Å². The van der Waals surface area contributed by atoms with E-state index in [1.54, 1.807) is 13.2 Å². The minimum absolute atomic E-state index is 0.0778. The van der Waals surface area contributed by atoms with Crippen LogP contribution in [0, 0.1) is 0 Å². The molecule has 2 aromatic carbocycles. The van der Waals surface area contributed by atoms with Gasteiger partial charge in [-0.3, -0.25) is 4.79 Å². The van der Waals surface area contributed by atoms with Gasteiger partial charge in [0.25, 0.3) is 5.56 Å². The Morgan fingerprint density at radius 3 is 2.64 bits per heavy atom. The number of ether oxygens (including phenoxy) is 1. The zero-order chi connectivity index (χ0) is 18.0. The van der Waals surface area contributed by atoms with Crippen molar-refractivity contribution in [2.75, 3.05) is 7.11 Å². The maximum Gasteiger partial charge on any atom is 0.258 e. The molecular formula is C19H20BrN3O2. The Kier molecular flexibility index (Phi) is 5.20. The molecule has 0 aliphatic rings. The van der Waals surface area contributed by atoms with Crippen molar-refractivity contribution in [2.45, 2.75) is 25.9 Å². The number of aromatic nitrogens is 2. The van der Waals surface area contributed by atoms with Gasteiger partial charge >= 0.3 is 0 Å². The summed E-state index contributed by atoms with van der Waals surface area (Å²) in [5, 5.41) is 4.08. The van der Waals surface area contributed by atoms with E-state index in [1.165, 1.54) is 0 Å². The summed E-state index contributed by atoms with van der Waals surface area (Å²) < 4.78 is 6.18. The minimum Gasteiger partial charge on any atom is -0.496 e. The van der Waals surface area contributed by atoms with Crippen molar-refractivity contribution in [3.8, 4) is 5.75 Å². The molecule has 0 bridgehead atoms. The Bertz CT molecular complexity index is 955. The molecule has 25 heavy (non-hydrogen) atoms. The van der Waals surface area contributed by atoms with Crippen LogP contribution in [0.15, 0.2) is 51.7 Å². The minimum atomic E-state index is -0.117. The molecule has 130 valence electrons. The molecule has 1 aromatic heterocycles. The third kappa shape index (κ3) is 3.75. The molecule has 0 radical (unpaired) electrons. The summed E-state index contributed by atoms with van der Waals surface area (Å²) >= 11 is 3.51. The summed E-state index contributed by atoms with van der Waals surface area (Å²) in [6, 6.07) is 13.3. The van der Waals surface area contributed by atoms with Crippen molar-refractivity contribution < 1.29 is 4.74 Å². The van der Waals surface area contributed by atoms with E-state index >= 15 is 0 Å². The predicted octanol–water partition coefficient (Wildman–Crippen LogP) is 4.11. The van der Waals surface area contributed by atoms with Gasteiger partial charge in [-0.2, -0.15) is 0 Å². The molecule has 3 aromatic rings. The van der Waals surface area contributed by atoms with Crippen LogP contribution in [0.4, 0.5) is 0 Å². The lowest BCUT2D eigenvalue weighted by molar-refractivity contribution is 0.411. The van der Waals surface area contributed by atoms with Gasteiger partial charge in [0.1, 0.15) is 11.6 Å². The van der Waals surface area contributed by atoms with Crippen LogP contribution in [0.1, 0.15) is 37.3 Å². The van der Waals surface area contributed by atoms with Crippen LogP contribution in [-0.4, -0.2) is 17.1 Å². The summed E-state index contributed by atoms with van der Waals surface area (Å²) in [6.45, 7) is 4.06. The molecule has 0 aliphatic heterocycles. The van der Waals surface area contributed by atoms with Gasteiger partial charge < -0.3 is 15.0 Å². The normalized spacial score (nSPS) is 13.6. The Morgan fingerprint density at radius 2 is 1.92 bits per heavy atom. The Balaban J connectivity index is 1.83. The lowest BCUT2D eigenvalue weighted by Crippen LogP contribution is -2.26. The van der Waals surface area contributed by atoms with Crippen LogP contribution in [0.2, 0.25) is 0 Å². The smallest absolute Gasteiger partial charge is 0.258 e. The number of aromatic amines is 1. The monoisotopic (exact) mass is 401 g/mol. The Hall–Kier alpha value is -2.18. The fraction of sp³-hybridized carbons (Fsp3) is 0.263. The quantitative estimate of drug-likeness (QED) is 0.674. The topological polar surface area (TPSA) is 67.0 Å². The number of para-hydroxylation sites is 1. The first-order chi connectivity index (χ1) is 12.0. The third-order valence-corrected chi connectivity index (χ3v) is 4.84. The highest BCUT2D eigenvalue weighted by Crippen LogP contribution is 2.28. The third-order valence-electron chi connectivity index (χ3n) is 4.22. The van der Waals surface area contributed by atoms with E-state index in [-0.39, 0.29) is 17.6 Å². The van der Waals surface area contributed by atoms with Gasteiger partial charge in [-0.1, -0.05) is 18.2 Å². The lowest BCUT2D eigenvalue weighted by atomic mass is 10.1. The molecule has 2 unspecified atom stereocenters. The first kappa shape index (κ1) is 17.6. The van der Waals surface area contributed by atoms with Crippen molar-refractivity contribution >= 4 is 26.8 Å². The van der Waals surface area contributed by atoms with Crippen molar-refractivity contribution in [3.05, 3.63) is 68.7 Å². The van der Waals surface area contributed by atoms with E-state index in [4.69, 9.17) is 4.74 Å². The SMILES string of the molecule is COc1ccc(C(C)NC(C)c2nc3ccccc3c(=O)[nH]2)cc1Br. The average Bonchev–Trinajstić information content (AvgIpc) is 2.61. The first-order valence-corrected chi connectivity index (χ1v) is 8.87. The molecular weight excluding hydrogens is 382 g/mol. The molecule has 5 nitrogen and oxygen atoms in total. The number of rotatable bonds is 5. The van der Waals surface area contributed by atoms with Gasteiger partial charge in [0.2, 0.25) is 0 Å². The second-order valence-electron chi connectivity index (χ2n) is 5.97. The van der Waals surface area contributed by atoms with Gasteiger partial charge in [-0.25, -0.2) is 4.98 Å².